The highest BCUT2D eigenvalue weighted by atomic mass is 16.1. The van der Waals surface area contributed by atoms with Gasteiger partial charge in [0, 0.05) is 5.57 Å². The molecule has 0 bridgehead atoms. The molecule has 0 aromatic heterocycles. The van der Waals surface area contributed by atoms with Crippen molar-refractivity contribution in [2.45, 2.75) is 67.7 Å². The molecule has 0 unspecified atom stereocenters. The number of rotatable bonds is 1. The van der Waals surface area contributed by atoms with Gasteiger partial charge in [-0.1, -0.05) is 53.2 Å². The van der Waals surface area contributed by atoms with Crippen LogP contribution in [0.4, 0.5) is 0 Å². The molecule has 0 N–H and O–H groups in total. The Balaban J connectivity index is 2.65. The van der Waals surface area contributed by atoms with Crippen LogP contribution in [0.25, 0.3) is 0 Å². The monoisotopic (exact) mass is 260 g/mol. The summed E-state index contributed by atoms with van der Waals surface area (Å²) in [5.74, 6) is 0.232. The van der Waals surface area contributed by atoms with Crippen LogP contribution in [0, 0.1) is 16.2 Å². The summed E-state index contributed by atoms with van der Waals surface area (Å²) < 4.78 is 0. The molecule has 106 valence electrons. The van der Waals surface area contributed by atoms with Gasteiger partial charge in [0.2, 0.25) is 0 Å². The third kappa shape index (κ3) is 2.32. The van der Waals surface area contributed by atoms with Crippen molar-refractivity contribution in [3.8, 4) is 0 Å². The third-order valence-electron chi connectivity index (χ3n) is 5.26. The van der Waals surface area contributed by atoms with E-state index in [-0.39, 0.29) is 22.0 Å². The zero-order valence-electron chi connectivity index (χ0n) is 13.6. The Hall–Kier alpha value is -0.850. The van der Waals surface area contributed by atoms with Crippen molar-refractivity contribution < 1.29 is 4.79 Å². The molecule has 0 aromatic carbocycles. The minimum absolute atomic E-state index is 0.0185. The Kier molecular flexibility index (Phi) is 3.12. The summed E-state index contributed by atoms with van der Waals surface area (Å²) >= 11 is 0. The molecule has 19 heavy (non-hydrogen) atoms. The fourth-order valence-electron chi connectivity index (χ4n) is 3.76. The van der Waals surface area contributed by atoms with Gasteiger partial charge in [-0.2, -0.15) is 0 Å². The van der Waals surface area contributed by atoms with E-state index in [1.165, 1.54) is 18.4 Å². The van der Waals surface area contributed by atoms with E-state index in [0.717, 1.165) is 12.0 Å². The van der Waals surface area contributed by atoms with Crippen molar-refractivity contribution in [1.29, 1.82) is 0 Å². The van der Waals surface area contributed by atoms with Crippen LogP contribution in [0.1, 0.15) is 67.7 Å². The Morgan fingerprint density at radius 1 is 0.947 bits per heavy atom. The van der Waals surface area contributed by atoms with E-state index >= 15 is 0 Å². The molecule has 0 saturated heterocycles. The molecule has 0 heterocycles. The van der Waals surface area contributed by atoms with E-state index < -0.39 is 0 Å². The summed E-state index contributed by atoms with van der Waals surface area (Å²) in [6.45, 7) is 15.5. The highest BCUT2D eigenvalue weighted by Gasteiger charge is 2.44. The Bertz CT molecular complexity index is 484. The summed E-state index contributed by atoms with van der Waals surface area (Å²) in [4.78, 5) is 12.0. The van der Waals surface area contributed by atoms with Gasteiger partial charge in [-0.15, -0.1) is 0 Å². The maximum atomic E-state index is 12.0. The first-order valence-corrected chi connectivity index (χ1v) is 7.45. The van der Waals surface area contributed by atoms with E-state index in [0.29, 0.717) is 0 Å². The van der Waals surface area contributed by atoms with Gasteiger partial charge in [-0.05, 0) is 48.0 Å². The van der Waals surface area contributed by atoms with Crippen LogP contribution in [-0.2, 0) is 4.79 Å². The zero-order valence-corrected chi connectivity index (χ0v) is 13.6. The van der Waals surface area contributed by atoms with Gasteiger partial charge >= 0.3 is 0 Å². The number of carbonyl (C=O) groups is 1. The largest absolute Gasteiger partial charge is 0.295 e. The van der Waals surface area contributed by atoms with Gasteiger partial charge in [-0.3, -0.25) is 4.79 Å². The second-order valence-corrected chi connectivity index (χ2v) is 8.33. The number of ketones is 1. The van der Waals surface area contributed by atoms with Crippen LogP contribution in [-0.4, -0.2) is 5.78 Å². The topological polar surface area (TPSA) is 17.1 Å². The molecule has 0 spiro atoms. The molecule has 0 fully saturated rings. The first-order chi connectivity index (χ1) is 8.47. The van der Waals surface area contributed by atoms with E-state index in [1.54, 1.807) is 12.5 Å². The highest BCUT2D eigenvalue weighted by molar-refractivity contribution is 5.95. The van der Waals surface area contributed by atoms with Crippen molar-refractivity contribution >= 4 is 5.78 Å². The Labute approximate surface area is 118 Å². The van der Waals surface area contributed by atoms with Crippen molar-refractivity contribution in [3.05, 3.63) is 22.8 Å². The fourth-order valence-corrected chi connectivity index (χ4v) is 3.76. The lowest BCUT2D eigenvalue weighted by molar-refractivity contribution is -0.114. The number of carbonyl (C=O) groups excluding carboxylic acids is 1. The molecule has 2 aliphatic rings. The smallest absolute Gasteiger partial charge is 0.156 e. The Morgan fingerprint density at radius 3 is 2.00 bits per heavy atom. The second-order valence-electron chi connectivity index (χ2n) is 8.33. The minimum atomic E-state index is -0.0185. The lowest BCUT2D eigenvalue weighted by Gasteiger charge is -2.48. The predicted octanol–water partition coefficient (Wildman–Crippen LogP) is 5.07. The summed E-state index contributed by atoms with van der Waals surface area (Å²) in [6, 6.07) is 0. The van der Waals surface area contributed by atoms with E-state index in [2.05, 4.69) is 47.6 Å². The minimum Gasteiger partial charge on any atom is -0.295 e. The molecular formula is C18H28O. The van der Waals surface area contributed by atoms with Gasteiger partial charge in [0.15, 0.2) is 5.78 Å². The van der Waals surface area contributed by atoms with Crippen LogP contribution in [0.5, 0.6) is 0 Å². The van der Waals surface area contributed by atoms with Crippen molar-refractivity contribution in [3.63, 3.8) is 0 Å². The maximum Gasteiger partial charge on any atom is 0.156 e. The summed E-state index contributed by atoms with van der Waals surface area (Å²) in [5, 5.41) is 0. The van der Waals surface area contributed by atoms with Gasteiger partial charge < -0.3 is 0 Å². The van der Waals surface area contributed by atoms with Crippen LogP contribution in [0.3, 0.4) is 0 Å². The first kappa shape index (κ1) is 14.6. The van der Waals surface area contributed by atoms with Crippen molar-refractivity contribution in [2.75, 3.05) is 0 Å². The Morgan fingerprint density at radius 2 is 1.47 bits per heavy atom. The van der Waals surface area contributed by atoms with Crippen molar-refractivity contribution in [2.24, 2.45) is 16.2 Å². The molecule has 1 heteroatoms. The van der Waals surface area contributed by atoms with Crippen molar-refractivity contribution in [1.82, 2.24) is 0 Å². The molecule has 0 atom stereocenters. The van der Waals surface area contributed by atoms with Crippen LogP contribution in [0.15, 0.2) is 22.8 Å². The second kappa shape index (κ2) is 4.07. The van der Waals surface area contributed by atoms with Gasteiger partial charge in [0.05, 0.1) is 0 Å². The van der Waals surface area contributed by atoms with Crippen LogP contribution >= 0.6 is 0 Å². The van der Waals surface area contributed by atoms with E-state index in [9.17, 15) is 4.79 Å². The SMILES string of the molecule is CC(=O)C1=CC2=C(CC1(C)C)C(C)(C)CCC2(C)C. The first-order valence-electron chi connectivity index (χ1n) is 7.45. The number of Topliss-reactive ketones (excluding diaryl/α,β-unsaturated/α-hetero) is 1. The molecule has 2 rings (SSSR count). The zero-order chi connectivity index (χ0) is 14.6. The highest BCUT2D eigenvalue weighted by Crippen LogP contribution is 2.56. The van der Waals surface area contributed by atoms with E-state index in [4.69, 9.17) is 0 Å². The standard InChI is InChI=1S/C18H28O/c1-12(19)13-10-14-15(11-18(13,6)7)17(4,5)9-8-16(14,2)3/h10H,8-9,11H2,1-7H3. The lowest BCUT2D eigenvalue weighted by atomic mass is 9.56. The van der Waals surface area contributed by atoms with Crippen LogP contribution in [0.2, 0.25) is 0 Å². The summed E-state index contributed by atoms with van der Waals surface area (Å²) in [6.07, 6.45) is 5.71. The molecular weight excluding hydrogens is 232 g/mol. The van der Waals surface area contributed by atoms with Crippen LogP contribution < -0.4 is 0 Å². The average molecular weight is 260 g/mol. The average Bonchev–Trinajstić information content (AvgIpc) is 2.23. The molecule has 0 aromatic rings. The molecule has 0 amide bonds. The third-order valence-corrected chi connectivity index (χ3v) is 5.26. The normalized spacial score (nSPS) is 27.6. The molecule has 0 aliphatic heterocycles. The number of allylic oxidation sites excluding steroid dienone is 4. The molecule has 2 aliphatic carbocycles. The number of hydrogen-bond donors (Lipinski definition) is 0. The summed E-state index contributed by atoms with van der Waals surface area (Å²) in [7, 11) is 0. The van der Waals surface area contributed by atoms with Gasteiger partial charge in [0.1, 0.15) is 0 Å². The maximum absolute atomic E-state index is 12.0. The quantitative estimate of drug-likeness (QED) is 0.643. The van der Waals surface area contributed by atoms with Gasteiger partial charge in [-0.25, -0.2) is 0 Å². The predicted molar refractivity (Wildman–Crippen MR) is 81.0 cm³/mol. The van der Waals surface area contributed by atoms with Gasteiger partial charge in [0.25, 0.3) is 0 Å². The molecule has 1 nitrogen and oxygen atoms in total. The lowest BCUT2D eigenvalue weighted by Crippen LogP contribution is -2.37. The fraction of sp³-hybridized carbons (Fsp3) is 0.722. The van der Waals surface area contributed by atoms with E-state index in [1.807, 2.05) is 0 Å². The summed E-state index contributed by atoms with van der Waals surface area (Å²) in [5.41, 5.74) is 4.50. The molecule has 0 saturated carbocycles. The number of hydrogen-bond acceptors (Lipinski definition) is 1. The molecule has 0 radical (unpaired) electrons.